The predicted octanol–water partition coefficient (Wildman–Crippen LogP) is 1.30. The molecule has 0 fully saturated rings. The van der Waals surface area contributed by atoms with Gasteiger partial charge in [-0.2, -0.15) is 0 Å². The molecular formula is C9H12N2. The van der Waals surface area contributed by atoms with Gasteiger partial charge in [-0.25, -0.2) is 0 Å². The molecule has 2 heterocycles. The van der Waals surface area contributed by atoms with Crippen molar-refractivity contribution in [3.63, 3.8) is 0 Å². The van der Waals surface area contributed by atoms with Gasteiger partial charge in [-0.1, -0.05) is 0 Å². The summed E-state index contributed by atoms with van der Waals surface area (Å²) in [7, 11) is 0. The lowest BCUT2D eigenvalue weighted by Gasteiger charge is -2.04. The van der Waals surface area contributed by atoms with Crippen LogP contribution in [0.3, 0.4) is 0 Å². The van der Waals surface area contributed by atoms with E-state index in [1.807, 2.05) is 6.20 Å². The van der Waals surface area contributed by atoms with Crippen LogP contribution < -0.4 is 5.32 Å². The van der Waals surface area contributed by atoms with Crippen molar-refractivity contribution in [2.75, 3.05) is 0 Å². The first-order valence-corrected chi connectivity index (χ1v) is 3.93. The Labute approximate surface area is 66.7 Å². The van der Waals surface area contributed by atoms with Crippen molar-refractivity contribution in [2.24, 2.45) is 0 Å². The Balaban J connectivity index is 2.62. The van der Waals surface area contributed by atoms with Gasteiger partial charge in [-0.05, 0) is 30.5 Å². The van der Waals surface area contributed by atoms with Gasteiger partial charge in [0, 0.05) is 25.0 Å². The molecule has 1 N–H and O–H groups in total. The standard InChI is InChI=1S/C9H12N2/c1-6-7(2)11-4-8-3-10-5-9(6)8/h4,10H,3,5H2,1-2H3. The second kappa shape index (κ2) is 2.31. The average Bonchev–Trinajstić information content (AvgIpc) is 2.45. The Hall–Kier alpha value is -0.890. The summed E-state index contributed by atoms with van der Waals surface area (Å²) in [5, 5.41) is 3.32. The number of hydrogen-bond donors (Lipinski definition) is 1. The summed E-state index contributed by atoms with van der Waals surface area (Å²) in [4.78, 5) is 4.31. The third-order valence-electron chi connectivity index (χ3n) is 2.41. The highest BCUT2D eigenvalue weighted by molar-refractivity contribution is 5.37. The van der Waals surface area contributed by atoms with Crippen LogP contribution >= 0.6 is 0 Å². The minimum atomic E-state index is 0.990. The Morgan fingerprint density at radius 1 is 1.36 bits per heavy atom. The fourth-order valence-corrected chi connectivity index (χ4v) is 1.53. The van der Waals surface area contributed by atoms with Crippen molar-refractivity contribution in [3.8, 4) is 0 Å². The van der Waals surface area contributed by atoms with Crippen molar-refractivity contribution in [1.29, 1.82) is 0 Å². The quantitative estimate of drug-likeness (QED) is 0.600. The number of nitrogens with one attached hydrogen (secondary N) is 1. The number of hydrogen-bond acceptors (Lipinski definition) is 2. The molecule has 58 valence electrons. The monoisotopic (exact) mass is 148 g/mol. The molecular weight excluding hydrogens is 136 g/mol. The van der Waals surface area contributed by atoms with E-state index in [0.29, 0.717) is 0 Å². The van der Waals surface area contributed by atoms with Crippen LogP contribution in [-0.4, -0.2) is 4.98 Å². The molecule has 1 aromatic rings. The summed E-state index contributed by atoms with van der Waals surface area (Å²) in [6.45, 7) is 6.22. The maximum atomic E-state index is 4.31. The summed E-state index contributed by atoms with van der Waals surface area (Å²) in [5.74, 6) is 0. The topological polar surface area (TPSA) is 24.9 Å². The van der Waals surface area contributed by atoms with Gasteiger partial charge < -0.3 is 5.32 Å². The molecule has 0 saturated heterocycles. The molecule has 0 aromatic carbocycles. The van der Waals surface area contributed by atoms with Gasteiger partial charge in [0.2, 0.25) is 0 Å². The van der Waals surface area contributed by atoms with E-state index in [2.05, 4.69) is 24.1 Å². The van der Waals surface area contributed by atoms with Crippen molar-refractivity contribution in [3.05, 3.63) is 28.6 Å². The van der Waals surface area contributed by atoms with Gasteiger partial charge in [0.15, 0.2) is 0 Å². The second-order valence-corrected chi connectivity index (χ2v) is 3.08. The number of pyridine rings is 1. The highest BCUT2D eigenvalue weighted by atomic mass is 14.9. The van der Waals surface area contributed by atoms with Crippen LogP contribution in [0.1, 0.15) is 22.4 Å². The summed E-state index contributed by atoms with van der Waals surface area (Å²) in [5.41, 5.74) is 5.34. The SMILES string of the molecule is Cc1ncc2c(c1C)CNC2. The number of aryl methyl sites for hydroxylation is 1. The van der Waals surface area contributed by atoms with Crippen LogP contribution in [0.2, 0.25) is 0 Å². The first-order chi connectivity index (χ1) is 5.29. The van der Waals surface area contributed by atoms with Crippen LogP contribution in [0.4, 0.5) is 0 Å². The van der Waals surface area contributed by atoms with Crippen LogP contribution in [0.15, 0.2) is 6.20 Å². The van der Waals surface area contributed by atoms with Crippen molar-refractivity contribution in [1.82, 2.24) is 10.3 Å². The highest BCUT2D eigenvalue weighted by Crippen LogP contribution is 2.19. The number of aromatic nitrogens is 1. The number of rotatable bonds is 0. The molecule has 0 aliphatic carbocycles. The fourth-order valence-electron chi connectivity index (χ4n) is 1.53. The molecule has 1 aromatic heterocycles. The molecule has 2 nitrogen and oxygen atoms in total. The van der Waals surface area contributed by atoms with E-state index >= 15 is 0 Å². The van der Waals surface area contributed by atoms with E-state index in [1.165, 1.54) is 16.7 Å². The first kappa shape index (κ1) is 6.80. The van der Waals surface area contributed by atoms with Gasteiger partial charge in [-0.15, -0.1) is 0 Å². The van der Waals surface area contributed by atoms with Gasteiger partial charge in [0.1, 0.15) is 0 Å². The van der Waals surface area contributed by atoms with E-state index in [0.717, 1.165) is 18.8 Å². The minimum Gasteiger partial charge on any atom is -0.309 e. The predicted molar refractivity (Wildman–Crippen MR) is 44.3 cm³/mol. The fraction of sp³-hybridized carbons (Fsp3) is 0.444. The Kier molecular flexibility index (Phi) is 1.43. The van der Waals surface area contributed by atoms with Gasteiger partial charge in [-0.3, -0.25) is 4.98 Å². The molecule has 11 heavy (non-hydrogen) atoms. The molecule has 0 unspecified atom stereocenters. The van der Waals surface area contributed by atoms with Gasteiger partial charge >= 0.3 is 0 Å². The lowest BCUT2D eigenvalue weighted by molar-refractivity contribution is 0.763. The molecule has 0 spiro atoms. The molecule has 1 aliphatic rings. The maximum Gasteiger partial charge on any atom is 0.0405 e. The molecule has 0 atom stereocenters. The maximum absolute atomic E-state index is 4.31. The molecule has 0 bridgehead atoms. The Morgan fingerprint density at radius 3 is 3.00 bits per heavy atom. The van der Waals surface area contributed by atoms with E-state index in [9.17, 15) is 0 Å². The smallest absolute Gasteiger partial charge is 0.0405 e. The zero-order valence-electron chi connectivity index (χ0n) is 6.94. The molecule has 0 saturated carbocycles. The average molecular weight is 148 g/mol. The zero-order chi connectivity index (χ0) is 7.84. The second-order valence-electron chi connectivity index (χ2n) is 3.08. The normalized spacial score (nSPS) is 15.1. The minimum absolute atomic E-state index is 0.990. The van der Waals surface area contributed by atoms with Crippen molar-refractivity contribution in [2.45, 2.75) is 26.9 Å². The molecule has 2 rings (SSSR count). The molecule has 0 amide bonds. The first-order valence-electron chi connectivity index (χ1n) is 3.93. The summed E-state index contributed by atoms with van der Waals surface area (Å²) in [6.07, 6.45) is 1.98. The molecule has 2 heteroatoms. The van der Waals surface area contributed by atoms with E-state index in [-0.39, 0.29) is 0 Å². The summed E-state index contributed by atoms with van der Waals surface area (Å²) < 4.78 is 0. The summed E-state index contributed by atoms with van der Waals surface area (Å²) >= 11 is 0. The van der Waals surface area contributed by atoms with E-state index in [4.69, 9.17) is 0 Å². The van der Waals surface area contributed by atoms with E-state index in [1.54, 1.807) is 0 Å². The van der Waals surface area contributed by atoms with Gasteiger partial charge in [0.05, 0.1) is 0 Å². The molecule has 0 radical (unpaired) electrons. The van der Waals surface area contributed by atoms with Crippen molar-refractivity contribution < 1.29 is 0 Å². The van der Waals surface area contributed by atoms with Crippen LogP contribution in [0.25, 0.3) is 0 Å². The zero-order valence-corrected chi connectivity index (χ0v) is 6.94. The Bertz CT molecular complexity index is 292. The van der Waals surface area contributed by atoms with Gasteiger partial charge in [0.25, 0.3) is 0 Å². The summed E-state index contributed by atoms with van der Waals surface area (Å²) in [6, 6.07) is 0. The van der Waals surface area contributed by atoms with Crippen LogP contribution in [0, 0.1) is 13.8 Å². The lowest BCUT2D eigenvalue weighted by Crippen LogP contribution is -2.00. The third-order valence-corrected chi connectivity index (χ3v) is 2.41. The highest BCUT2D eigenvalue weighted by Gasteiger charge is 2.13. The molecule has 1 aliphatic heterocycles. The lowest BCUT2D eigenvalue weighted by atomic mass is 10.1. The van der Waals surface area contributed by atoms with Crippen LogP contribution in [-0.2, 0) is 13.1 Å². The van der Waals surface area contributed by atoms with Crippen LogP contribution in [0.5, 0.6) is 0 Å². The Morgan fingerprint density at radius 2 is 2.18 bits per heavy atom. The number of nitrogens with zero attached hydrogens (tertiary/aromatic N) is 1. The largest absolute Gasteiger partial charge is 0.309 e. The van der Waals surface area contributed by atoms with Crippen molar-refractivity contribution >= 4 is 0 Å². The van der Waals surface area contributed by atoms with E-state index < -0.39 is 0 Å². The third kappa shape index (κ3) is 0.942. The number of fused-ring (bicyclic) bond motifs is 1.